The number of ketones is 2. The molecule has 0 saturated carbocycles. The van der Waals surface area contributed by atoms with Crippen LogP contribution in [0.15, 0.2) is 172 Å². The van der Waals surface area contributed by atoms with Crippen LogP contribution in [-0.2, 0) is 28.7 Å². The molecule has 0 aliphatic heterocycles. The van der Waals surface area contributed by atoms with Crippen molar-refractivity contribution >= 4 is 35.7 Å². The number of phenols is 2. The van der Waals surface area contributed by atoms with E-state index < -0.39 is 23.5 Å². The quantitative estimate of drug-likeness (QED) is 0.0648. The maximum absolute atomic E-state index is 13.4. The molecule has 0 fully saturated rings. The molecule has 2 aromatic rings. The van der Waals surface area contributed by atoms with Crippen LogP contribution >= 0.6 is 0 Å². The number of methoxy groups -OCH3 is 1. The van der Waals surface area contributed by atoms with E-state index in [-0.39, 0.29) is 47.4 Å². The van der Waals surface area contributed by atoms with Crippen molar-refractivity contribution < 1.29 is 43.6 Å². The average molecular weight is 921 g/mol. The summed E-state index contributed by atoms with van der Waals surface area (Å²) in [6.45, 7) is 20.1. The Hall–Kier alpha value is -6.84. The molecule has 9 heteroatoms. The third-order valence-corrected chi connectivity index (χ3v) is 11.9. The van der Waals surface area contributed by atoms with Crippen LogP contribution < -0.4 is 4.74 Å². The molecule has 0 amide bonds. The van der Waals surface area contributed by atoms with Gasteiger partial charge in [-0.25, -0.2) is 0 Å². The molecule has 2 aliphatic rings. The second-order valence-corrected chi connectivity index (χ2v) is 18.8. The molecular weight excluding hydrogens is 853 g/mol. The van der Waals surface area contributed by atoms with Crippen molar-refractivity contribution in [3.63, 3.8) is 0 Å². The largest absolute Gasteiger partial charge is 0.508 e. The molecule has 2 N–H and O–H groups in total. The van der Waals surface area contributed by atoms with Crippen LogP contribution in [0.4, 0.5) is 0 Å². The third-order valence-electron chi connectivity index (χ3n) is 11.9. The molecule has 2 atom stereocenters. The molecular formula is C59H68O9. The van der Waals surface area contributed by atoms with E-state index in [1.807, 2.05) is 109 Å². The van der Waals surface area contributed by atoms with Crippen LogP contribution in [-0.4, -0.2) is 53.0 Å². The van der Waals surface area contributed by atoms with E-state index in [1.165, 1.54) is 18.2 Å². The monoisotopic (exact) mass is 920 g/mol. The standard InChI is InChI=1S/C59H68O9/c1-39(18-14-20-41(3)22-30-50-43(5)56(64)52(66-11)37-58(50,7)8)16-12-13-17-40(2)19-15-21-42(4)23-31-51-44(6)57(65)53(38-59(51,9)10)68-55(63)33-32-54(62)67-49-28-26-45(27-29-49)24-25-46-34-47(60)36-48(61)35-46/h12-31,34-36,52-53,60-61H,32-33,37-38H2,1-11H3/b13-12+,18-14+,19-15+,25-24+,30-22+,31-23+,39-16+,40-17+,41-20+,42-21+. The number of hydrogen-bond donors (Lipinski definition) is 2. The molecule has 0 radical (unpaired) electrons. The van der Waals surface area contributed by atoms with Crippen LogP contribution in [0.25, 0.3) is 12.2 Å². The lowest BCUT2D eigenvalue weighted by Gasteiger charge is -2.36. The summed E-state index contributed by atoms with van der Waals surface area (Å²) >= 11 is 0. The molecule has 0 spiro atoms. The van der Waals surface area contributed by atoms with Crippen molar-refractivity contribution in [2.45, 2.75) is 107 Å². The highest BCUT2D eigenvalue weighted by molar-refractivity contribution is 6.02. The Morgan fingerprint density at radius 3 is 1.51 bits per heavy atom. The van der Waals surface area contributed by atoms with Crippen molar-refractivity contribution in [3.8, 4) is 17.2 Å². The number of allylic oxidation sites excluding steroid dienone is 20. The number of rotatable bonds is 18. The molecule has 9 nitrogen and oxygen atoms in total. The molecule has 2 aromatic carbocycles. The Labute approximate surface area is 403 Å². The second kappa shape index (κ2) is 24.8. The lowest BCUT2D eigenvalue weighted by atomic mass is 9.71. The number of phenolic OH excluding ortho intramolecular Hbond substituents is 2. The molecule has 2 unspecified atom stereocenters. The van der Waals surface area contributed by atoms with Gasteiger partial charge in [0.1, 0.15) is 23.4 Å². The zero-order valence-corrected chi connectivity index (χ0v) is 41.5. The maximum Gasteiger partial charge on any atom is 0.311 e. The van der Waals surface area contributed by atoms with E-state index in [0.29, 0.717) is 29.7 Å². The van der Waals surface area contributed by atoms with Gasteiger partial charge in [0.2, 0.25) is 0 Å². The van der Waals surface area contributed by atoms with Gasteiger partial charge in [-0.15, -0.1) is 0 Å². The highest BCUT2D eigenvalue weighted by Gasteiger charge is 2.40. The van der Waals surface area contributed by atoms with Gasteiger partial charge in [0, 0.05) is 19.6 Å². The van der Waals surface area contributed by atoms with Gasteiger partial charge >= 0.3 is 11.9 Å². The summed E-state index contributed by atoms with van der Waals surface area (Å²) in [5.74, 6) is -1.23. The minimum absolute atomic E-state index is 0.0468. The Morgan fingerprint density at radius 2 is 1.01 bits per heavy atom. The van der Waals surface area contributed by atoms with Crippen molar-refractivity contribution in [1.29, 1.82) is 0 Å². The summed E-state index contributed by atoms with van der Waals surface area (Å²) in [7, 11) is 1.60. The van der Waals surface area contributed by atoms with E-state index in [0.717, 1.165) is 44.6 Å². The fraction of sp³-hybridized carbons (Fsp3) is 0.322. The van der Waals surface area contributed by atoms with Gasteiger partial charge in [-0.1, -0.05) is 159 Å². The van der Waals surface area contributed by atoms with E-state index in [1.54, 1.807) is 50.5 Å². The van der Waals surface area contributed by atoms with Gasteiger partial charge in [-0.2, -0.15) is 0 Å². The number of aromatic hydroxyl groups is 2. The smallest absolute Gasteiger partial charge is 0.311 e. The fourth-order valence-corrected chi connectivity index (χ4v) is 8.01. The Morgan fingerprint density at radius 1 is 0.588 bits per heavy atom. The van der Waals surface area contributed by atoms with E-state index in [9.17, 15) is 29.4 Å². The van der Waals surface area contributed by atoms with E-state index in [4.69, 9.17) is 14.2 Å². The highest BCUT2D eigenvalue weighted by atomic mass is 16.6. The normalized spacial score (nSPS) is 19.9. The van der Waals surface area contributed by atoms with Crippen LogP contribution in [0.3, 0.4) is 0 Å². The molecule has 4 rings (SSSR count). The molecule has 0 bridgehead atoms. The van der Waals surface area contributed by atoms with Crippen molar-refractivity contribution in [1.82, 2.24) is 0 Å². The van der Waals surface area contributed by atoms with Crippen LogP contribution in [0, 0.1) is 10.8 Å². The zero-order chi connectivity index (χ0) is 50.2. The van der Waals surface area contributed by atoms with Crippen molar-refractivity contribution in [2.75, 3.05) is 7.11 Å². The van der Waals surface area contributed by atoms with Crippen molar-refractivity contribution in [2.24, 2.45) is 10.8 Å². The number of carbonyl (C=O) groups is 4. The summed E-state index contributed by atoms with van der Waals surface area (Å²) in [4.78, 5) is 51.4. The summed E-state index contributed by atoms with van der Waals surface area (Å²) in [5, 5.41) is 19.3. The molecule has 0 saturated heterocycles. The first-order chi connectivity index (χ1) is 32.1. The van der Waals surface area contributed by atoms with Gasteiger partial charge < -0.3 is 24.4 Å². The highest BCUT2D eigenvalue weighted by Crippen LogP contribution is 2.42. The number of carbonyl (C=O) groups excluding carboxylic acids is 4. The summed E-state index contributed by atoms with van der Waals surface area (Å²) in [6.07, 6.45) is 31.0. The first-order valence-electron chi connectivity index (χ1n) is 22.9. The minimum atomic E-state index is -0.948. The molecule has 2 aliphatic carbocycles. The van der Waals surface area contributed by atoms with Gasteiger partial charge in [0.25, 0.3) is 0 Å². The van der Waals surface area contributed by atoms with Gasteiger partial charge in [-0.3, -0.25) is 19.2 Å². The van der Waals surface area contributed by atoms with Crippen LogP contribution in [0.5, 0.6) is 17.2 Å². The predicted molar refractivity (Wildman–Crippen MR) is 274 cm³/mol. The lowest BCUT2D eigenvalue weighted by molar-refractivity contribution is -0.157. The number of benzene rings is 2. The molecule has 68 heavy (non-hydrogen) atoms. The number of Topliss-reactive ketones (excluding diaryl/α,β-unsaturated/α-hetero) is 2. The lowest BCUT2D eigenvalue weighted by Crippen LogP contribution is -2.39. The Bertz CT molecular complexity index is 2570. The van der Waals surface area contributed by atoms with Gasteiger partial charge in [-0.05, 0) is 116 Å². The maximum atomic E-state index is 13.4. The number of ether oxygens (including phenoxy) is 3. The summed E-state index contributed by atoms with van der Waals surface area (Å²) in [6, 6.07) is 11.0. The number of esters is 2. The van der Waals surface area contributed by atoms with Crippen molar-refractivity contribution in [3.05, 3.63) is 183 Å². The first kappa shape index (κ1) is 53.8. The first-order valence-corrected chi connectivity index (χ1v) is 22.9. The zero-order valence-electron chi connectivity index (χ0n) is 41.5. The SMILES string of the molecule is COC1CC(C)(C)C(/C=C/C(C)=C/C=C/C(C)=C/C=C/C=C(C)/C=C/C=C(C)/C=C/C2=C(C)C(=O)C(OC(=O)CCC(=O)Oc3ccc(/C=C/c4cc(O)cc(O)c4)cc3)CC2(C)C)=C(C)C1=O. The second-order valence-electron chi connectivity index (χ2n) is 18.8. The molecule has 0 aromatic heterocycles. The fourth-order valence-electron chi connectivity index (χ4n) is 8.01. The topological polar surface area (TPSA) is 136 Å². The minimum Gasteiger partial charge on any atom is -0.508 e. The number of hydrogen-bond acceptors (Lipinski definition) is 9. The van der Waals surface area contributed by atoms with E-state index >= 15 is 0 Å². The Kier molecular flexibility index (Phi) is 19.6. The Balaban J connectivity index is 1.23. The summed E-state index contributed by atoms with van der Waals surface area (Å²) in [5.41, 5.74) is 8.32. The van der Waals surface area contributed by atoms with Gasteiger partial charge in [0.05, 0.1) is 12.8 Å². The predicted octanol–water partition coefficient (Wildman–Crippen LogP) is 13.1. The van der Waals surface area contributed by atoms with Crippen LogP contribution in [0.1, 0.15) is 106 Å². The third kappa shape index (κ3) is 16.5. The van der Waals surface area contributed by atoms with Crippen LogP contribution in [0.2, 0.25) is 0 Å². The van der Waals surface area contributed by atoms with Gasteiger partial charge in [0.15, 0.2) is 17.7 Å². The van der Waals surface area contributed by atoms with E-state index in [2.05, 4.69) is 38.2 Å². The average Bonchev–Trinajstić information content (AvgIpc) is 3.26. The molecule has 0 heterocycles. The summed E-state index contributed by atoms with van der Waals surface area (Å²) < 4.78 is 16.4. The molecule has 358 valence electrons.